The minimum absolute atomic E-state index is 0.0782. The topological polar surface area (TPSA) is 57.6 Å². The van der Waals surface area contributed by atoms with E-state index in [-0.39, 0.29) is 18.7 Å². The van der Waals surface area contributed by atoms with Crippen LogP contribution in [0.25, 0.3) is 0 Å². The molecule has 0 fully saturated rings. The average Bonchev–Trinajstić information content (AvgIpc) is 2.20. The summed E-state index contributed by atoms with van der Waals surface area (Å²) in [5.41, 5.74) is 1.03. The minimum atomic E-state index is -0.926. The van der Waals surface area contributed by atoms with E-state index in [9.17, 15) is 9.59 Å². The third-order valence-corrected chi connectivity index (χ3v) is 2.21. The molecule has 16 heavy (non-hydrogen) atoms. The summed E-state index contributed by atoms with van der Waals surface area (Å²) in [5, 5.41) is 8.51. The summed E-state index contributed by atoms with van der Waals surface area (Å²) < 4.78 is 0. The first kappa shape index (κ1) is 14.7. The quantitative estimate of drug-likeness (QED) is 0.646. The highest BCUT2D eigenvalue weighted by Gasteiger charge is 2.13. The molecule has 0 bridgehead atoms. The van der Waals surface area contributed by atoms with Crippen molar-refractivity contribution in [2.75, 3.05) is 13.1 Å². The van der Waals surface area contributed by atoms with E-state index in [0.29, 0.717) is 13.1 Å². The molecular weight excluding hydrogens is 206 g/mol. The van der Waals surface area contributed by atoms with Gasteiger partial charge in [-0.05, 0) is 19.8 Å². The highest BCUT2D eigenvalue weighted by atomic mass is 16.4. The van der Waals surface area contributed by atoms with E-state index in [0.717, 1.165) is 18.4 Å². The van der Waals surface area contributed by atoms with Crippen molar-refractivity contribution in [2.24, 2.45) is 0 Å². The molecule has 0 rings (SSSR count). The van der Waals surface area contributed by atoms with Crippen molar-refractivity contribution in [3.63, 3.8) is 0 Å². The van der Waals surface area contributed by atoms with E-state index >= 15 is 0 Å². The number of carboxylic acids is 1. The third-order valence-electron chi connectivity index (χ3n) is 2.21. The number of amides is 1. The molecule has 0 saturated carbocycles. The van der Waals surface area contributed by atoms with Crippen LogP contribution >= 0.6 is 0 Å². The number of hydrogen-bond donors (Lipinski definition) is 1. The first-order valence-electron chi connectivity index (χ1n) is 5.61. The van der Waals surface area contributed by atoms with Crippen molar-refractivity contribution in [2.45, 2.75) is 39.5 Å². The molecule has 92 valence electrons. The van der Waals surface area contributed by atoms with Gasteiger partial charge in [-0.15, -0.1) is 6.58 Å². The van der Waals surface area contributed by atoms with Crippen LogP contribution in [0.2, 0.25) is 0 Å². The summed E-state index contributed by atoms with van der Waals surface area (Å²) in [6.45, 7) is 9.04. The lowest BCUT2D eigenvalue weighted by molar-refractivity contribution is -0.140. The normalized spacial score (nSPS) is 9.88. The third kappa shape index (κ3) is 7.04. The molecule has 4 nitrogen and oxygen atoms in total. The van der Waals surface area contributed by atoms with Crippen LogP contribution in [-0.2, 0) is 9.59 Å². The Bertz CT molecular complexity index is 261. The maximum Gasteiger partial charge on any atom is 0.303 e. The summed E-state index contributed by atoms with van der Waals surface area (Å²) in [6.07, 6.45) is 1.66. The van der Waals surface area contributed by atoms with Crippen LogP contribution in [0.3, 0.4) is 0 Å². The molecule has 0 saturated heterocycles. The number of nitrogens with zero attached hydrogens (tertiary/aromatic N) is 1. The molecule has 0 aliphatic heterocycles. The van der Waals surface area contributed by atoms with Gasteiger partial charge in [0.25, 0.3) is 0 Å². The molecule has 0 atom stereocenters. The lowest BCUT2D eigenvalue weighted by atomic mass is 10.2. The minimum Gasteiger partial charge on any atom is -0.481 e. The van der Waals surface area contributed by atoms with E-state index in [1.165, 1.54) is 0 Å². The number of carboxylic acid groups (broad SMARTS) is 1. The molecule has 1 N–H and O–H groups in total. The van der Waals surface area contributed by atoms with Gasteiger partial charge in [-0.3, -0.25) is 9.59 Å². The summed E-state index contributed by atoms with van der Waals surface area (Å²) in [5.74, 6) is -1.00. The Hall–Kier alpha value is -1.32. The Morgan fingerprint density at radius 3 is 2.25 bits per heavy atom. The van der Waals surface area contributed by atoms with Gasteiger partial charge in [-0.25, -0.2) is 0 Å². The van der Waals surface area contributed by atoms with Gasteiger partial charge in [0.1, 0.15) is 0 Å². The van der Waals surface area contributed by atoms with Crippen LogP contribution in [0, 0.1) is 0 Å². The van der Waals surface area contributed by atoms with Gasteiger partial charge in [0.15, 0.2) is 0 Å². The van der Waals surface area contributed by atoms with Gasteiger partial charge in [0, 0.05) is 19.5 Å². The molecule has 0 unspecified atom stereocenters. The smallest absolute Gasteiger partial charge is 0.303 e. The number of hydrogen-bond acceptors (Lipinski definition) is 2. The molecule has 0 aromatic heterocycles. The summed E-state index contributed by atoms with van der Waals surface area (Å²) in [4.78, 5) is 23.8. The van der Waals surface area contributed by atoms with Crippen LogP contribution in [0.1, 0.15) is 39.5 Å². The molecular formula is C12H21NO3. The number of aliphatic carboxylic acids is 1. The second kappa shape index (κ2) is 7.91. The molecule has 0 aromatic carbocycles. The predicted octanol–water partition coefficient (Wildman–Crippen LogP) is 2.06. The van der Waals surface area contributed by atoms with Gasteiger partial charge in [-0.1, -0.05) is 12.5 Å². The van der Waals surface area contributed by atoms with Gasteiger partial charge < -0.3 is 10.0 Å². The Balaban J connectivity index is 4.11. The van der Waals surface area contributed by atoms with Crippen molar-refractivity contribution >= 4 is 11.9 Å². The van der Waals surface area contributed by atoms with Crippen molar-refractivity contribution in [3.05, 3.63) is 12.2 Å². The van der Waals surface area contributed by atoms with E-state index in [1.807, 2.05) is 13.8 Å². The SMILES string of the molecule is C=C(C)CCN(CCC)C(=O)CCC(=O)O. The molecule has 0 spiro atoms. The molecule has 0 aromatic rings. The van der Waals surface area contributed by atoms with E-state index in [1.54, 1.807) is 4.90 Å². The van der Waals surface area contributed by atoms with E-state index < -0.39 is 5.97 Å². The number of rotatable bonds is 8. The monoisotopic (exact) mass is 227 g/mol. The fourth-order valence-corrected chi connectivity index (χ4v) is 1.33. The van der Waals surface area contributed by atoms with Gasteiger partial charge in [0.2, 0.25) is 5.91 Å². The molecule has 0 aliphatic carbocycles. The first-order chi connectivity index (χ1) is 7.47. The highest BCUT2D eigenvalue weighted by Crippen LogP contribution is 2.04. The summed E-state index contributed by atoms with van der Waals surface area (Å²) in [6, 6.07) is 0. The maximum atomic E-state index is 11.7. The standard InChI is InChI=1S/C12H21NO3/c1-4-8-13(9-7-10(2)3)11(14)5-6-12(15)16/h2,4-9H2,1,3H3,(H,15,16). The van der Waals surface area contributed by atoms with Crippen LogP contribution in [0.5, 0.6) is 0 Å². The van der Waals surface area contributed by atoms with Crippen LogP contribution in [-0.4, -0.2) is 35.0 Å². The Labute approximate surface area is 96.9 Å². The summed E-state index contributed by atoms with van der Waals surface area (Å²) >= 11 is 0. The zero-order chi connectivity index (χ0) is 12.6. The molecule has 0 aliphatic rings. The zero-order valence-corrected chi connectivity index (χ0v) is 10.2. The van der Waals surface area contributed by atoms with Crippen molar-refractivity contribution in [1.29, 1.82) is 0 Å². The molecule has 4 heteroatoms. The second-order valence-corrected chi connectivity index (χ2v) is 3.98. The van der Waals surface area contributed by atoms with Gasteiger partial charge >= 0.3 is 5.97 Å². The highest BCUT2D eigenvalue weighted by molar-refractivity contribution is 5.80. The first-order valence-corrected chi connectivity index (χ1v) is 5.61. The van der Waals surface area contributed by atoms with Gasteiger partial charge in [-0.2, -0.15) is 0 Å². The molecule has 1 amide bonds. The Kier molecular flexibility index (Phi) is 7.25. The van der Waals surface area contributed by atoms with E-state index in [4.69, 9.17) is 5.11 Å². The van der Waals surface area contributed by atoms with Crippen molar-refractivity contribution in [1.82, 2.24) is 4.90 Å². The largest absolute Gasteiger partial charge is 0.481 e. The summed E-state index contributed by atoms with van der Waals surface area (Å²) in [7, 11) is 0. The van der Waals surface area contributed by atoms with E-state index in [2.05, 4.69) is 6.58 Å². The maximum absolute atomic E-state index is 11.7. The van der Waals surface area contributed by atoms with Crippen molar-refractivity contribution in [3.8, 4) is 0 Å². The fourth-order valence-electron chi connectivity index (χ4n) is 1.33. The Morgan fingerprint density at radius 2 is 1.81 bits per heavy atom. The van der Waals surface area contributed by atoms with Crippen LogP contribution in [0.15, 0.2) is 12.2 Å². The Morgan fingerprint density at radius 1 is 1.19 bits per heavy atom. The van der Waals surface area contributed by atoms with Crippen LogP contribution < -0.4 is 0 Å². The molecule has 0 heterocycles. The zero-order valence-electron chi connectivity index (χ0n) is 10.2. The molecule has 0 radical (unpaired) electrons. The lowest BCUT2D eigenvalue weighted by Gasteiger charge is -2.21. The van der Waals surface area contributed by atoms with Gasteiger partial charge in [0.05, 0.1) is 6.42 Å². The van der Waals surface area contributed by atoms with Crippen LogP contribution in [0.4, 0.5) is 0 Å². The average molecular weight is 227 g/mol. The second-order valence-electron chi connectivity index (χ2n) is 3.98. The lowest BCUT2D eigenvalue weighted by Crippen LogP contribution is -2.33. The fraction of sp³-hybridized carbons (Fsp3) is 0.667. The van der Waals surface area contributed by atoms with Crippen molar-refractivity contribution < 1.29 is 14.7 Å². The number of carbonyl (C=O) groups excluding carboxylic acids is 1. The predicted molar refractivity (Wildman–Crippen MR) is 63.2 cm³/mol. The number of carbonyl (C=O) groups is 2.